The summed E-state index contributed by atoms with van der Waals surface area (Å²) in [5, 5.41) is 12.4. The number of aliphatic hydroxyl groups is 1. The molecule has 0 amide bonds. The van der Waals surface area contributed by atoms with Crippen molar-refractivity contribution in [3.63, 3.8) is 0 Å². The van der Waals surface area contributed by atoms with Crippen LogP contribution in [0.1, 0.15) is 5.82 Å². The predicted molar refractivity (Wildman–Crippen MR) is 61.1 cm³/mol. The summed E-state index contributed by atoms with van der Waals surface area (Å²) < 4.78 is 6.79. The summed E-state index contributed by atoms with van der Waals surface area (Å²) in [7, 11) is 0. The second-order valence-electron chi connectivity index (χ2n) is 2.80. The molecular weight excluding hydrogens is 328 g/mol. The van der Waals surface area contributed by atoms with Crippen LogP contribution in [0.4, 0.5) is 0 Å². The lowest BCUT2D eigenvalue weighted by Gasteiger charge is -1.98. The van der Waals surface area contributed by atoms with Gasteiger partial charge >= 0.3 is 0 Å². The minimum Gasteiger partial charge on any atom is -0.388 e. The van der Waals surface area contributed by atoms with Crippen LogP contribution in [0.15, 0.2) is 31.7 Å². The van der Waals surface area contributed by atoms with E-state index in [2.05, 4.69) is 42.0 Å². The molecule has 15 heavy (non-hydrogen) atoms. The number of nitrogens with zero attached hydrogens (tertiary/aromatic N) is 2. The molecule has 0 atom stereocenters. The van der Waals surface area contributed by atoms with Crippen molar-refractivity contribution in [2.24, 2.45) is 0 Å². The van der Waals surface area contributed by atoms with Crippen LogP contribution >= 0.6 is 31.9 Å². The molecule has 0 saturated carbocycles. The summed E-state index contributed by atoms with van der Waals surface area (Å²) in [6.45, 7) is -0.227. The summed E-state index contributed by atoms with van der Waals surface area (Å²) in [6, 6.07) is 5.64. The van der Waals surface area contributed by atoms with E-state index in [0.717, 1.165) is 14.5 Å². The first-order valence-electron chi connectivity index (χ1n) is 4.09. The summed E-state index contributed by atoms with van der Waals surface area (Å²) in [5.74, 6) is 0.657. The highest BCUT2D eigenvalue weighted by molar-refractivity contribution is 9.11. The van der Waals surface area contributed by atoms with Crippen LogP contribution in [-0.2, 0) is 6.61 Å². The van der Waals surface area contributed by atoms with E-state index in [4.69, 9.17) is 9.63 Å². The molecule has 0 aliphatic carbocycles. The summed E-state index contributed by atoms with van der Waals surface area (Å²) in [5.41, 5.74) is 0.788. The lowest BCUT2D eigenvalue weighted by Crippen LogP contribution is -1.85. The van der Waals surface area contributed by atoms with Crippen LogP contribution < -0.4 is 0 Å². The molecular formula is C9H6Br2N2O2. The SMILES string of the molecule is OCc1noc(-c2cc(Br)ccc2Br)n1. The Balaban J connectivity index is 2.48. The average Bonchev–Trinajstić information content (AvgIpc) is 2.70. The number of rotatable bonds is 2. The van der Waals surface area contributed by atoms with Crippen molar-refractivity contribution in [1.29, 1.82) is 0 Å². The molecule has 0 aliphatic heterocycles. The molecule has 0 aliphatic rings. The molecule has 1 heterocycles. The highest BCUT2D eigenvalue weighted by atomic mass is 79.9. The van der Waals surface area contributed by atoms with Crippen LogP contribution in [0.5, 0.6) is 0 Å². The van der Waals surface area contributed by atoms with E-state index >= 15 is 0 Å². The quantitative estimate of drug-likeness (QED) is 0.918. The van der Waals surface area contributed by atoms with Gasteiger partial charge in [0.1, 0.15) is 6.61 Å². The Bertz CT molecular complexity index is 485. The second-order valence-corrected chi connectivity index (χ2v) is 4.57. The predicted octanol–water partition coefficient (Wildman–Crippen LogP) is 2.75. The minimum atomic E-state index is -0.227. The number of hydrogen-bond acceptors (Lipinski definition) is 4. The zero-order valence-electron chi connectivity index (χ0n) is 7.44. The fourth-order valence-electron chi connectivity index (χ4n) is 1.09. The van der Waals surface area contributed by atoms with Gasteiger partial charge in [-0.2, -0.15) is 4.98 Å². The van der Waals surface area contributed by atoms with Gasteiger partial charge in [-0.05, 0) is 34.1 Å². The Morgan fingerprint density at radius 2 is 2.13 bits per heavy atom. The standard InChI is InChI=1S/C9H6Br2N2O2/c10-5-1-2-7(11)6(3-5)9-12-8(4-14)13-15-9/h1-3,14H,4H2. The Morgan fingerprint density at radius 1 is 1.33 bits per heavy atom. The molecule has 2 rings (SSSR count). The number of aliphatic hydroxyl groups excluding tert-OH is 1. The van der Waals surface area contributed by atoms with E-state index in [1.165, 1.54) is 0 Å². The largest absolute Gasteiger partial charge is 0.388 e. The van der Waals surface area contributed by atoms with Crippen molar-refractivity contribution in [2.75, 3.05) is 0 Å². The van der Waals surface area contributed by atoms with Gasteiger partial charge in [0, 0.05) is 8.95 Å². The van der Waals surface area contributed by atoms with Crippen LogP contribution in [0.2, 0.25) is 0 Å². The van der Waals surface area contributed by atoms with E-state index in [-0.39, 0.29) is 12.4 Å². The third-order valence-electron chi connectivity index (χ3n) is 1.77. The van der Waals surface area contributed by atoms with Gasteiger partial charge in [-0.1, -0.05) is 21.1 Å². The van der Waals surface area contributed by atoms with Crippen LogP contribution in [-0.4, -0.2) is 15.2 Å². The van der Waals surface area contributed by atoms with Crippen molar-refractivity contribution in [1.82, 2.24) is 10.1 Å². The first-order chi connectivity index (χ1) is 7.20. The van der Waals surface area contributed by atoms with E-state index in [9.17, 15) is 0 Å². The van der Waals surface area contributed by atoms with Gasteiger partial charge in [-0.15, -0.1) is 0 Å². The van der Waals surface area contributed by atoms with Crippen molar-refractivity contribution >= 4 is 31.9 Å². The molecule has 0 bridgehead atoms. The van der Waals surface area contributed by atoms with Crippen LogP contribution in [0, 0.1) is 0 Å². The molecule has 0 radical (unpaired) electrons. The highest BCUT2D eigenvalue weighted by Gasteiger charge is 2.11. The van der Waals surface area contributed by atoms with Gasteiger partial charge in [0.25, 0.3) is 5.89 Å². The topological polar surface area (TPSA) is 59.2 Å². The molecule has 0 saturated heterocycles. The Kier molecular flexibility index (Phi) is 3.18. The highest BCUT2D eigenvalue weighted by Crippen LogP contribution is 2.29. The fourth-order valence-corrected chi connectivity index (χ4v) is 1.87. The summed E-state index contributed by atoms with van der Waals surface area (Å²) in [6.07, 6.45) is 0. The number of hydrogen-bond donors (Lipinski definition) is 1. The molecule has 0 fully saturated rings. The molecule has 1 aromatic heterocycles. The molecule has 4 nitrogen and oxygen atoms in total. The van der Waals surface area contributed by atoms with Gasteiger partial charge < -0.3 is 9.63 Å². The summed E-state index contributed by atoms with van der Waals surface area (Å²) >= 11 is 6.74. The van der Waals surface area contributed by atoms with E-state index < -0.39 is 0 Å². The first-order valence-corrected chi connectivity index (χ1v) is 5.68. The van der Waals surface area contributed by atoms with Gasteiger partial charge in [0.15, 0.2) is 5.82 Å². The van der Waals surface area contributed by atoms with E-state index in [1.807, 2.05) is 18.2 Å². The maximum absolute atomic E-state index is 8.82. The van der Waals surface area contributed by atoms with E-state index in [0.29, 0.717) is 5.89 Å². The molecule has 0 spiro atoms. The smallest absolute Gasteiger partial charge is 0.259 e. The number of aromatic nitrogens is 2. The first kappa shape index (κ1) is 10.8. The zero-order chi connectivity index (χ0) is 10.8. The number of benzene rings is 1. The van der Waals surface area contributed by atoms with Gasteiger partial charge in [-0.3, -0.25) is 0 Å². The third-order valence-corrected chi connectivity index (χ3v) is 2.95. The maximum Gasteiger partial charge on any atom is 0.259 e. The Morgan fingerprint density at radius 3 is 2.80 bits per heavy atom. The van der Waals surface area contributed by atoms with Gasteiger partial charge in [-0.25, -0.2) is 0 Å². The molecule has 2 aromatic rings. The molecule has 0 unspecified atom stereocenters. The zero-order valence-corrected chi connectivity index (χ0v) is 10.6. The van der Waals surface area contributed by atoms with Crippen molar-refractivity contribution in [3.05, 3.63) is 33.0 Å². The van der Waals surface area contributed by atoms with Crippen LogP contribution in [0.25, 0.3) is 11.5 Å². The number of halogens is 2. The van der Waals surface area contributed by atoms with E-state index in [1.54, 1.807) is 0 Å². The normalized spacial score (nSPS) is 10.6. The fraction of sp³-hybridized carbons (Fsp3) is 0.111. The molecule has 6 heteroatoms. The van der Waals surface area contributed by atoms with Gasteiger partial charge in [0.2, 0.25) is 0 Å². The summed E-state index contributed by atoms with van der Waals surface area (Å²) in [4.78, 5) is 4.02. The molecule has 1 aromatic carbocycles. The lowest BCUT2D eigenvalue weighted by atomic mass is 10.2. The Labute approximate surface area is 103 Å². The van der Waals surface area contributed by atoms with Crippen molar-refractivity contribution in [3.8, 4) is 11.5 Å². The van der Waals surface area contributed by atoms with Gasteiger partial charge in [0.05, 0.1) is 5.56 Å². The Hall–Kier alpha value is -0.720. The minimum absolute atomic E-state index is 0.227. The second kappa shape index (κ2) is 4.42. The lowest BCUT2D eigenvalue weighted by molar-refractivity contribution is 0.264. The molecule has 78 valence electrons. The van der Waals surface area contributed by atoms with Crippen LogP contribution in [0.3, 0.4) is 0 Å². The maximum atomic E-state index is 8.82. The third kappa shape index (κ3) is 2.27. The van der Waals surface area contributed by atoms with Crippen molar-refractivity contribution < 1.29 is 9.63 Å². The average molecular weight is 334 g/mol. The monoisotopic (exact) mass is 332 g/mol. The van der Waals surface area contributed by atoms with Crippen molar-refractivity contribution in [2.45, 2.75) is 6.61 Å². The molecule has 1 N–H and O–H groups in total.